The molecule has 3 rings (SSSR count). The lowest BCUT2D eigenvalue weighted by atomic mass is 10.1. The van der Waals surface area contributed by atoms with Gasteiger partial charge in [-0.1, -0.05) is 0 Å². The molecule has 2 aromatic heterocycles. The number of fused-ring (bicyclic) bond motifs is 3. The smallest absolute Gasteiger partial charge is 0.366 e. The van der Waals surface area contributed by atoms with Gasteiger partial charge in [0.25, 0.3) is 0 Å². The Hall–Kier alpha value is -2.63. The van der Waals surface area contributed by atoms with E-state index in [4.69, 9.17) is 4.52 Å². The number of aromatic amines is 1. The van der Waals surface area contributed by atoms with Gasteiger partial charge in [0.1, 0.15) is 5.39 Å². The third kappa shape index (κ3) is 1.39. The van der Waals surface area contributed by atoms with E-state index in [1.165, 1.54) is 13.3 Å². The van der Waals surface area contributed by atoms with Crippen LogP contribution in [0.3, 0.4) is 0 Å². The maximum absolute atomic E-state index is 11.5. The molecule has 3 aromatic rings. The highest BCUT2D eigenvalue weighted by Crippen LogP contribution is 2.21. The molecular weight excluding hydrogens is 236 g/mol. The number of nitrogens with zero attached hydrogens (tertiary/aromatic N) is 1. The number of methoxy groups -OCH3 is 1. The molecule has 0 amide bonds. The number of ether oxygens (including phenoxy) is 1. The lowest BCUT2D eigenvalue weighted by Crippen LogP contribution is -2.01. The Morgan fingerprint density at radius 1 is 1.39 bits per heavy atom. The minimum absolute atomic E-state index is 0.351. The van der Waals surface area contributed by atoms with Crippen LogP contribution in [0.4, 0.5) is 0 Å². The minimum Gasteiger partial charge on any atom is -0.465 e. The Bertz CT molecular complexity index is 816. The number of rotatable bonds is 1. The summed E-state index contributed by atoms with van der Waals surface area (Å²) in [5, 5.41) is 3.53. The van der Waals surface area contributed by atoms with Crippen molar-refractivity contribution in [2.75, 3.05) is 7.11 Å². The Morgan fingerprint density at radius 3 is 3.00 bits per heavy atom. The van der Waals surface area contributed by atoms with E-state index in [-0.39, 0.29) is 0 Å². The summed E-state index contributed by atoms with van der Waals surface area (Å²) >= 11 is 0. The molecular formula is C12H8N2O4. The second kappa shape index (κ2) is 3.69. The monoisotopic (exact) mass is 244 g/mol. The molecule has 6 nitrogen and oxygen atoms in total. The average Bonchev–Trinajstić information content (AvgIpc) is 2.79. The van der Waals surface area contributed by atoms with E-state index in [0.717, 1.165) is 0 Å². The number of H-pyrrole nitrogens is 1. The van der Waals surface area contributed by atoms with Crippen molar-refractivity contribution in [1.29, 1.82) is 0 Å². The molecule has 0 fully saturated rings. The molecule has 1 N–H and O–H groups in total. The summed E-state index contributed by atoms with van der Waals surface area (Å²) in [5.41, 5.74) is 1.09. The predicted octanol–water partition coefficient (Wildman–Crippen LogP) is 1.46. The van der Waals surface area contributed by atoms with Gasteiger partial charge in [-0.2, -0.15) is 0 Å². The Labute approximate surface area is 100 Å². The van der Waals surface area contributed by atoms with Gasteiger partial charge in [-0.05, 0) is 18.2 Å². The number of hydrogen-bond acceptors (Lipinski definition) is 5. The summed E-state index contributed by atoms with van der Waals surface area (Å²) in [5.74, 6) is -0.445. The van der Waals surface area contributed by atoms with Gasteiger partial charge in [0.15, 0.2) is 0 Å². The molecule has 90 valence electrons. The van der Waals surface area contributed by atoms with Crippen LogP contribution in [0.15, 0.2) is 33.7 Å². The molecule has 0 saturated carbocycles. The number of hydrogen-bond donors (Lipinski definition) is 1. The zero-order chi connectivity index (χ0) is 12.7. The molecule has 0 aliphatic rings. The summed E-state index contributed by atoms with van der Waals surface area (Å²) < 4.78 is 9.36. The Kier molecular flexibility index (Phi) is 2.16. The van der Waals surface area contributed by atoms with Crippen LogP contribution >= 0.6 is 0 Å². The molecule has 0 spiro atoms. The largest absolute Gasteiger partial charge is 0.465 e. The van der Waals surface area contributed by atoms with Crippen LogP contribution in [-0.2, 0) is 4.74 Å². The van der Waals surface area contributed by atoms with Crippen LogP contribution in [0.25, 0.3) is 21.8 Å². The summed E-state index contributed by atoms with van der Waals surface area (Å²) in [6.07, 6.45) is 1.44. The molecule has 0 saturated heterocycles. The van der Waals surface area contributed by atoms with Crippen molar-refractivity contribution in [3.05, 3.63) is 40.4 Å². The van der Waals surface area contributed by atoms with Crippen LogP contribution < -0.4 is 5.63 Å². The molecule has 0 aliphatic heterocycles. The van der Waals surface area contributed by atoms with Crippen molar-refractivity contribution >= 4 is 27.8 Å². The third-order valence-corrected chi connectivity index (χ3v) is 2.75. The fourth-order valence-electron chi connectivity index (χ4n) is 1.85. The van der Waals surface area contributed by atoms with E-state index in [0.29, 0.717) is 27.4 Å². The third-order valence-electron chi connectivity index (χ3n) is 2.75. The second-order valence-corrected chi connectivity index (χ2v) is 3.76. The van der Waals surface area contributed by atoms with Crippen molar-refractivity contribution in [1.82, 2.24) is 10.1 Å². The fraction of sp³-hybridized carbons (Fsp3) is 0.0833. The number of carbonyl (C=O) groups excluding carboxylic acids is 1. The second-order valence-electron chi connectivity index (χ2n) is 3.76. The van der Waals surface area contributed by atoms with Gasteiger partial charge in [-0.25, -0.2) is 14.7 Å². The molecule has 0 aliphatic carbocycles. The van der Waals surface area contributed by atoms with Crippen molar-refractivity contribution in [3.63, 3.8) is 0 Å². The van der Waals surface area contributed by atoms with Crippen molar-refractivity contribution < 1.29 is 14.1 Å². The molecule has 0 atom stereocenters. The Morgan fingerprint density at radius 2 is 2.22 bits per heavy atom. The zero-order valence-electron chi connectivity index (χ0n) is 9.39. The Balaban J connectivity index is 2.40. The van der Waals surface area contributed by atoms with Crippen LogP contribution in [-0.4, -0.2) is 23.2 Å². The molecule has 6 heteroatoms. The first-order chi connectivity index (χ1) is 8.70. The molecule has 18 heavy (non-hydrogen) atoms. The quantitative estimate of drug-likeness (QED) is 0.655. The molecule has 0 radical (unpaired) electrons. The summed E-state index contributed by atoms with van der Waals surface area (Å²) in [6, 6.07) is 4.92. The number of nitrogens with one attached hydrogen (secondary N) is 1. The maximum atomic E-state index is 11.5. The van der Waals surface area contributed by atoms with Gasteiger partial charge in [0, 0.05) is 11.6 Å². The molecule has 0 bridgehead atoms. The molecule has 0 unspecified atom stereocenters. The van der Waals surface area contributed by atoms with Crippen LogP contribution in [0.1, 0.15) is 10.4 Å². The van der Waals surface area contributed by atoms with Gasteiger partial charge in [-0.3, -0.25) is 4.98 Å². The van der Waals surface area contributed by atoms with E-state index in [9.17, 15) is 9.59 Å². The van der Waals surface area contributed by atoms with E-state index < -0.39 is 11.6 Å². The van der Waals surface area contributed by atoms with Crippen LogP contribution in [0.5, 0.6) is 0 Å². The highest BCUT2D eigenvalue weighted by molar-refractivity contribution is 6.05. The van der Waals surface area contributed by atoms with Gasteiger partial charge in [-0.15, -0.1) is 0 Å². The van der Waals surface area contributed by atoms with Crippen molar-refractivity contribution in [3.8, 4) is 0 Å². The van der Waals surface area contributed by atoms with Crippen LogP contribution in [0, 0.1) is 0 Å². The van der Waals surface area contributed by atoms with Gasteiger partial charge in [0.2, 0.25) is 0 Å². The van der Waals surface area contributed by atoms with Crippen molar-refractivity contribution in [2.45, 2.75) is 0 Å². The first kappa shape index (κ1) is 10.5. The van der Waals surface area contributed by atoms with Crippen LogP contribution in [0.2, 0.25) is 0 Å². The molecule has 1 aromatic carbocycles. The van der Waals surface area contributed by atoms with E-state index in [2.05, 4.69) is 14.9 Å². The summed E-state index contributed by atoms with van der Waals surface area (Å²) in [7, 11) is 1.31. The number of carbonyl (C=O) groups is 1. The number of benzene rings is 1. The SMILES string of the molecule is COC(=O)c1ccc2ncc3c(=O)o[nH]c3c2c1. The lowest BCUT2D eigenvalue weighted by molar-refractivity contribution is 0.0601. The minimum atomic E-state index is -0.483. The van der Waals surface area contributed by atoms with Gasteiger partial charge >= 0.3 is 11.6 Å². The van der Waals surface area contributed by atoms with Crippen molar-refractivity contribution in [2.24, 2.45) is 0 Å². The summed E-state index contributed by atoms with van der Waals surface area (Å²) in [6.45, 7) is 0. The highest BCUT2D eigenvalue weighted by atomic mass is 16.5. The molecule has 2 heterocycles. The predicted molar refractivity (Wildman–Crippen MR) is 63.5 cm³/mol. The van der Waals surface area contributed by atoms with E-state index in [1.807, 2.05) is 0 Å². The zero-order valence-corrected chi connectivity index (χ0v) is 9.39. The topological polar surface area (TPSA) is 85.2 Å². The lowest BCUT2D eigenvalue weighted by Gasteiger charge is -2.01. The first-order valence-corrected chi connectivity index (χ1v) is 5.19. The number of aromatic nitrogens is 2. The average molecular weight is 244 g/mol. The number of esters is 1. The normalized spacial score (nSPS) is 10.9. The fourth-order valence-corrected chi connectivity index (χ4v) is 1.85. The van der Waals surface area contributed by atoms with E-state index >= 15 is 0 Å². The highest BCUT2D eigenvalue weighted by Gasteiger charge is 2.11. The summed E-state index contributed by atoms with van der Waals surface area (Å²) in [4.78, 5) is 27.0. The van der Waals surface area contributed by atoms with Gasteiger partial charge in [0.05, 0.1) is 23.7 Å². The standard InChI is InChI=1S/C12H8N2O4/c1-17-11(15)6-2-3-9-7(4-6)10-8(5-13-9)12(16)18-14-10/h2-5,14H,1H3. The number of pyridine rings is 1. The first-order valence-electron chi connectivity index (χ1n) is 5.19. The van der Waals surface area contributed by atoms with E-state index in [1.54, 1.807) is 18.2 Å². The maximum Gasteiger partial charge on any atom is 0.366 e. The van der Waals surface area contributed by atoms with Gasteiger partial charge < -0.3 is 9.26 Å².